The van der Waals surface area contributed by atoms with Crippen LogP contribution in [0, 0.1) is 6.92 Å². The van der Waals surface area contributed by atoms with Crippen LogP contribution in [0.4, 0.5) is 5.69 Å². The topological polar surface area (TPSA) is 170 Å². The van der Waals surface area contributed by atoms with Crippen LogP contribution in [0.15, 0.2) is 52.0 Å². The quantitative estimate of drug-likeness (QED) is 0.245. The second kappa shape index (κ2) is 15.1. The number of amides is 5. The van der Waals surface area contributed by atoms with Crippen LogP contribution in [0.3, 0.4) is 0 Å². The Kier molecular flexibility index (Phi) is 10.7. The fourth-order valence-electron chi connectivity index (χ4n) is 5.96. The average Bonchev–Trinajstić information content (AvgIpc) is 3.64. The molecule has 4 heterocycles. The summed E-state index contributed by atoms with van der Waals surface area (Å²) >= 11 is 0. The lowest BCUT2D eigenvalue weighted by atomic mass is 10.1. The Balaban J connectivity index is 1.36. The highest BCUT2D eigenvalue weighted by Gasteiger charge is 2.33. The molecule has 0 spiro atoms. The second-order valence-corrected chi connectivity index (χ2v) is 12.4. The number of aryl methyl sites for hydroxylation is 1. The van der Waals surface area contributed by atoms with Crippen LogP contribution in [-0.4, -0.2) is 108 Å². The number of nitrogens with zero attached hydrogens (tertiary/aromatic N) is 5. The average molecular weight is 659 g/mol. The summed E-state index contributed by atoms with van der Waals surface area (Å²) in [4.78, 5) is 77.9. The molecular formula is C34H42N8O6. The number of aromatic nitrogens is 1. The van der Waals surface area contributed by atoms with E-state index in [4.69, 9.17) is 9.41 Å². The maximum Gasteiger partial charge on any atom is 0.271 e. The van der Waals surface area contributed by atoms with Crippen molar-refractivity contribution in [1.82, 2.24) is 30.3 Å². The van der Waals surface area contributed by atoms with Crippen molar-refractivity contribution in [2.45, 2.75) is 58.0 Å². The van der Waals surface area contributed by atoms with Crippen LogP contribution in [0.2, 0.25) is 0 Å². The molecule has 3 aromatic rings. The Morgan fingerprint density at radius 2 is 1.85 bits per heavy atom. The van der Waals surface area contributed by atoms with Gasteiger partial charge in [-0.1, -0.05) is 0 Å². The van der Waals surface area contributed by atoms with E-state index in [1.165, 1.54) is 30.2 Å². The number of rotatable bonds is 8. The normalized spacial score (nSPS) is 18.4. The maximum atomic E-state index is 13.9. The van der Waals surface area contributed by atoms with E-state index < -0.39 is 11.9 Å². The Morgan fingerprint density at radius 3 is 2.58 bits per heavy atom. The van der Waals surface area contributed by atoms with Gasteiger partial charge in [0.2, 0.25) is 23.7 Å². The van der Waals surface area contributed by atoms with E-state index in [2.05, 4.69) is 20.9 Å². The Bertz CT molecular complexity index is 1720. The van der Waals surface area contributed by atoms with E-state index in [1.54, 1.807) is 36.0 Å². The van der Waals surface area contributed by atoms with E-state index in [0.717, 1.165) is 24.0 Å². The van der Waals surface area contributed by atoms with Crippen molar-refractivity contribution in [3.63, 3.8) is 0 Å². The molecule has 2 saturated heterocycles. The van der Waals surface area contributed by atoms with Gasteiger partial charge in [-0.05, 0) is 75.4 Å². The number of hydrogen-bond acceptors (Lipinski definition) is 8. The van der Waals surface area contributed by atoms with Crippen LogP contribution in [0.25, 0.3) is 11.0 Å². The molecule has 2 aromatic heterocycles. The third-order valence-corrected chi connectivity index (χ3v) is 8.43. The minimum absolute atomic E-state index is 0.0504. The molecule has 14 nitrogen and oxygen atoms in total. The zero-order chi connectivity index (χ0) is 34.4. The summed E-state index contributed by atoms with van der Waals surface area (Å²) in [6.45, 7) is 4.58. The summed E-state index contributed by atoms with van der Waals surface area (Å²) in [6.07, 6.45) is 4.77. The zero-order valence-electron chi connectivity index (χ0n) is 27.7. The molecule has 14 heteroatoms. The SMILES string of the molecule is CC(=O)NC[C@H]1CCCN1C(=O)CN1CCCC[C@H](N=C(NC(=O)c2ccc(C(=O)N(C)C)nc2)Nc2ccc3oc(C)cc3c2)C1=O. The largest absolute Gasteiger partial charge is 0.461 e. The number of likely N-dealkylation sites (tertiary alicyclic amines) is 2. The molecule has 2 atom stereocenters. The molecule has 0 unspecified atom stereocenters. The molecule has 0 saturated carbocycles. The molecule has 254 valence electrons. The first kappa shape index (κ1) is 34.1. The first-order valence-corrected chi connectivity index (χ1v) is 16.1. The number of furan rings is 1. The van der Waals surface area contributed by atoms with Gasteiger partial charge in [-0.25, -0.2) is 4.99 Å². The minimum atomic E-state index is -0.852. The lowest BCUT2D eigenvalue weighted by Gasteiger charge is -2.29. The first-order chi connectivity index (χ1) is 23.0. The molecule has 5 amide bonds. The molecule has 0 aliphatic carbocycles. The predicted octanol–water partition coefficient (Wildman–Crippen LogP) is 2.54. The van der Waals surface area contributed by atoms with E-state index in [1.807, 2.05) is 19.1 Å². The number of anilines is 1. The molecule has 48 heavy (non-hydrogen) atoms. The van der Waals surface area contributed by atoms with E-state index in [9.17, 15) is 24.0 Å². The van der Waals surface area contributed by atoms with Crippen molar-refractivity contribution in [2.24, 2.45) is 4.99 Å². The Labute approximate surface area is 278 Å². The van der Waals surface area contributed by atoms with Gasteiger partial charge in [-0.3, -0.25) is 34.3 Å². The summed E-state index contributed by atoms with van der Waals surface area (Å²) in [5.74, 6) is -0.650. The summed E-state index contributed by atoms with van der Waals surface area (Å²) in [5, 5.41) is 9.59. The minimum Gasteiger partial charge on any atom is -0.461 e. The molecule has 0 bridgehead atoms. The van der Waals surface area contributed by atoms with Crippen molar-refractivity contribution < 1.29 is 28.4 Å². The van der Waals surface area contributed by atoms with Crippen LogP contribution in [0.1, 0.15) is 65.6 Å². The standard InChI is InChI=1S/C34H42N8O6/c1-21-16-24-17-25(11-13-29(24)48-21)37-34(39-31(45)23-10-12-27(36-18-23)32(46)40(3)4)38-28-9-5-6-14-41(33(28)47)20-30(44)42-15-7-8-26(42)19-35-22(2)43/h10-13,16-18,26,28H,5-9,14-15,19-20H2,1-4H3,(H,35,43)(H2,37,38,39,45)/t26-,28+/m1/s1. The molecule has 3 N–H and O–H groups in total. The first-order valence-electron chi connectivity index (χ1n) is 16.1. The van der Waals surface area contributed by atoms with Gasteiger partial charge in [0.25, 0.3) is 11.8 Å². The highest BCUT2D eigenvalue weighted by molar-refractivity contribution is 6.11. The van der Waals surface area contributed by atoms with Gasteiger partial charge in [-0.2, -0.15) is 0 Å². The highest BCUT2D eigenvalue weighted by atomic mass is 16.3. The van der Waals surface area contributed by atoms with Gasteiger partial charge in [-0.15, -0.1) is 0 Å². The van der Waals surface area contributed by atoms with Gasteiger partial charge in [0.1, 0.15) is 23.1 Å². The van der Waals surface area contributed by atoms with E-state index in [-0.39, 0.29) is 53.4 Å². The molecule has 2 aliphatic heterocycles. The summed E-state index contributed by atoms with van der Waals surface area (Å²) in [5.41, 5.74) is 1.70. The van der Waals surface area contributed by atoms with Gasteiger partial charge < -0.3 is 29.8 Å². The Morgan fingerprint density at radius 1 is 1.04 bits per heavy atom. The smallest absolute Gasteiger partial charge is 0.271 e. The van der Waals surface area contributed by atoms with Crippen molar-refractivity contribution in [1.29, 1.82) is 0 Å². The van der Waals surface area contributed by atoms with Crippen molar-refractivity contribution in [2.75, 3.05) is 45.6 Å². The van der Waals surface area contributed by atoms with Gasteiger partial charge in [0.05, 0.1) is 12.1 Å². The van der Waals surface area contributed by atoms with Crippen LogP contribution < -0.4 is 16.0 Å². The molecular weight excluding hydrogens is 616 g/mol. The number of hydrogen-bond donors (Lipinski definition) is 3. The van der Waals surface area contributed by atoms with Crippen molar-refractivity contribution >= 4 is 52.2 Å². The number of guanidine groups is 1. The third kappa shape index (κ3) is 8.35. The van der Waals surface area contributed by atoms with E-state index in [0.29, 0.717) is 50.2 Å². The lowest BCUT2D eigenvalue weighted by molar-refractivity contribution is -0.141. The number of nitrogens with one attached hydrogen (secondary N) is 3. The van der Waals surface area contributed by atoms with Gasteiger partial charge in [0.15, 0.2) is 0 Å². The number of carbonyl (C=O) groups is 5. The number of aliphatic imine (C=N–C) groups is 1. The number of benzene rings is 1. The van der Waals surface area contributed by atoms with Gasteiger partial charge in [0, 0.05) is 64.0 Å². The fraction of sp³-hybridized carbons (Fsp3) is 0.441. The third-order valence-electron chi connectivity index (χ3n) is 8.43. The Hall–Kier alpha value is -5.27. The van der Waals surface area contributed by atoms with E-state index >= 15 is 0 Å². The second-order valence-electron chi connectivity index (χ2n) is 12.4. The highest BCUT2D eigenvalue weighted by Crippen LogP contribution is 2.23. The fourth-order valence-corrected chi connectivity index (χ4v) is 5.96. The number of fused-ring (bicyclic) bond motifs is 1. The van der Waals surface area contributed by atoms with Crippen LogP contribution in [0.5, 0.6) is 0 Å². The van der Waals surface area contributed by atoms with Crippen LogP contribution in [-0.2, 0) is 14.4 Å². The predicted molar refractivity (Wildman–Crippen MR) is 179 cm³/mol. The molecule has 2 aliphatic rings. The summed E-state index contributed by atoms with van der Waals surface area (Å²) in [6, 6.07) is 9.34. The van der Waals surface area contributed by atoms with Crippen LogP contribution >= 0.6 is 0 Å². The van der Waals surface area contributed by atoms with Crippen molar-refractivity contribution in [3.05, 3.63) is 59.6 Å². The monoisotopic (exact) mass is 658 g/mol. The molecule has 5 rings (SSSR count). The maximum absolute atomic E-state index is 13.9. The molecule has 0 radical (unpaired) electrons. The molecule has 1 aromatic carbocycles. The zero-order valence-corrected chi connectivity index (χ0v) is 27.7. The summed E-state index contributed by atoms with van der Waals surface area (Å²) < 4.78 is 5.69. The van der Waals surface area contributed by atoms with Gasteiger partial charge >= 0.3 is 0 Å². The number of carbonyl (C=O) groups excluding carboxylic acids is 5. The number of pyridine rings is 1. The lowest BCUT2D eigenvalue weighted by Crippen LogP contribution is -2.49. The summed E-state index contributed by atoms with van der Waals surface area (Å²) in [7, 11) is 3.23. The van der Waals surface area contributed by atoms with Crippen molar-refractivity contribution in [3.8, 4) is 0 Å². The molecule has 2 fully saturated rings.